The molecule has 2 rings (SSSR count). The Balaban J connectivity index is 2.28. The second-order valence-electron chi connectivity index (χ2n) is 6.48. The van der Waals surface area contributed by atoms with Crippen LogP contribution in [0.5, 0.6) is 0 Å². The van der Waals surface area contributed by atoms with Crippen LogP contribution in [-0.2, 0) is 10.0 Å². The molecular weight excluding hydrogens is 396 g/mol. The summed E-state index contributed by atoms with van der Waals surface area (Å²) in [7, 11) is -3.65. The number of amides is 1. The van der Waals surface area contributed by atoms with E-state index in [9.17, 15) is 13.2 Å². The van der Waals surface area contributed by atoms with Crippen molar-refractivity contribution in [2.45, 2.75) is 58.3 Å². The fourth-order valence-electron chi connectivity index (χ4n) is 2.98. The van der Waals surface area contributed by atoms with Crippen LogP contribution in [0.1, 0.15) is 67.4 Å². The maximum atomic E-state index is 12.9. The topological polar surface area (TPSA) is 92.3 Å². The normalized spacial score (nSPS) is 12.0. The Hall–Kier alpha value is -1.84. The minimum atomic E-state index is -3.65. The van der Waals surface area contributed by atoms with Gasteiger partial charge in [0.05, 0.1) is 4.90 Å². The summed E-state index contributed by atoms with van der Waals surface area (Å²) in [5.74, 6) is -0.0726. The van der Waals surface area contributed by atoms with Crippen LogP contribution < -0.4 is 5.32 Å². The fraction of sp³-hybridized carbons (Fsp3) is 0.526. The zero-order valence-electron chi connectivity index (χ0n) is 17.0. The van der Waals surface area contributed by atoms with Crippen LogP contribution in [-0.4, -0.2) is 41.9 Å². The number of rotatable bonds is 9. The highest BCUT2D eigenvalue weighted by atomic mass is 32.2. The van der Waals surface area contributed by atoms with Crippen LogP contribution >= 0.6 is 11.3 Å². The lowest BCUT2D eigenvalue weighted by Crippen LogP contribution is -2.31. The van der Waals surface area contributed by atoms with E-state index in [1.54, 1.807) is 32.9 Å². The van der Waals surface area contributed by atoms with Gasteiger partial charge in [-0.25, -0.2) is 8.42 Å². The van der Waals surface area contributed by atoms with Gasteiger partial charge in [-0.05, 0) is 37.5 Å². The van der Waals surface area contributed by atoms with Crippen LogP contribution in [0.2, 0.25) is 0 Å². The molecule has 7 nitrogen and oxygen atoms in total. The number of nitrogens with zero attached hydrogens (tertiary/aromatic N) is 3. The zero-order valence-corrected chi connectivity index (χ0v) is 18.7. The molecule has 0 aliphatic heterocycles. The molecule has 1 amide bonds. The van der Waals surface area contributed by atoms with Gasteiger partial charge in [0.25, 0.3) is 5.91 Å². The van der Waals surface area contributed by atoms with E-state index in [-0.39, 0.29) is 10.5 Å². The summed E-state index contributed by atoms with van der Waals surface area (Å²) in [4.78, 5) is 12.8. The second-order valence-corrected chi connectivity index (χ2v) is 9.40. The lowest BCUT2D eigenvalue weighted by molar-refractivity contribution is 0.102. The number of sulfonamides is 1. The number of hydrogen-bond acceptors (Lipinski definition) is 6. The SMILES string of the molecule is CCC(CC)c1nnc(NC(=O)c2ccc(C)c(S(=O)(=O)N(CC)CC)c2)s1. The van der Waals surface area contributed by atoms with Crippen LogP contribution in [0.25, 0.3) is 0 Å². The third kappa shape index (κ3) is 4.76. The minimum absolute atomic E-state index is 0.152. The molecule has 154 valence electrons. The van der Waals surface area contributed by atoms with E-state index in [4.69, 9.17) is 0 Å². The second kappa shape index (κ2) is 9.58. The third-order valence-electron chi connectivity index (χ3n) is 4.77. The summed E-state index contributed by atoms with van der Waals surface area (Å²) >= 11 is 1.36. The first-order valence-corrected chi connectivity index (χ1v) is 11.8. The Morgan fingerprint density at radius 2 is 1.79 bits per heavy atom. The van der Waals surface area contributed by atoms with Gasteiger partial charge in [0.15, 0.2) is 0 Å². The van der Waals surface area contributed by atoms with Crippen molar-refractivity contribution in [2.24, 2.45) is 0 Å². The van der Waals surface area contributed by atoms with Crippen LogP contribution in [0.15, 0.2) is 23.1 Å². The quantitative estimate of drug-likeness (QED) is 0.656. The van der Waals surface area contributed by atoms with E-state index < -0.39 is 15.9 Å². The molecule has 2 aromatic rings. The van der Waals surface area contributed by atoms with E-state index in [0.717, 1.165) is 17.8 Å². The lowest BCUT2D eigenvalue weighted by atomic mass is 10.1. The van der Waals surface area contributed by atoms with Gasteiger partial charge in [0.2, 0.25) is 15.2 Å². The van der Waals surface area contributed by atoms with Crippen molar-refractivity contribution in [3.05, 3.63) is 34.3 Å². The molecule has 0 saturated heterocycles. The minimum Gasteiger partial charge on any atom is -0.296 e. The summed E-state index contributed by atoms with van der Waals surface area (Å²) in [5.41, 5.74) is 0.881. The van der Waals surface area contributed by atoms with Crippen LogP contribution in [0, 0.1) is 6.92 Å². The molecule has 9 heteroatoms. The predicted octanol–water partition coefficient (Wildman–Crippen LogP) is 4.03. The lowest BCUT2D eigenvalue weighted by Gasteiger charge is -2.20. The summed E-state index contributed by atoms with van der Waals surface area (Å²) in [5, 5.41) is 12.3. The molecule has 0 atom stereocenters. The van der Waals surface area contributed by atoms with E-state index in [1.807, 2.05) is 0 Å². The Kier molecular flexibility index (Phi) is 7.68. The van der Waals surface area contributed by atoms with Crippen LogP contribution in [0.3, 0.4) is 0 Å². The fourth-order valence-corrected chi connectivity index (χ4v) is 5.69. The highest BCUT2D eigenvalue weighted by Crippen LogP contribution is 2.28. The average molecular weight is 425 g/mol. The maximum absolute atomic E-state index is 12.9. The van der Waals surface area contributed by atoms with Gasteiger partial charge in [0.1, 0.15) is 5.01 Å². The molecule has 1 aromatic heterocycles. The Labute approximate surface area is 171 Å². The van der Waals surface area contributed by atoms with Crippen molar-refractivity contribution in [3.8, 4) is 0 Å². The molecule has 1 aromatic carbocycles. The number of benzene rings is 1. The molecular formula is C19H28N4O3S2. The number of anilines is 1. The predicted molar refractivity (Wildman–Crippen MR) is 112 cm³/mol. The highest BCUT2D eigenvalue weighted by Gasteiger charge is 2.25. The smallest absolute Gasteiger partial charge is 0.257 e. The zero-order chi connectivity index (χ0) is 20.9. The summed E-state index contributed by atoms with van der Waals surface area (Å²) < 4.78 is 27.1. The first-order valence-electron chi connectivity index (χ1n) is 9.53. The third-order valence-corrected chi connectivity index (χ3v) is 7.96. The number of carbonyl (C=O) groups is 1. The van der Waals surface area contributed by atoms with E-state index >= 15 is 0 Å². The van der Waals surface area contributed by atoms with Crippen molar-refractivity contribution < 1.29 is 13.2 Å². The van der Waals surface area contributed by atoms with Gasteiger partial charge >= 0.3 is 0 Å². The summed E-state index contributed by atoms with van der Waals surface area (Å²) in [6.45, 7) is 10.2. The maximum Gasteiger partial charge on any atom is 0.257 e. The first kappa shape index (κ1) is 22.4. The average Bonchev–Trinajstić information content (AvgIpc) is 3.11. The van der Waals surface area contributed by atoms with Gasteiger partial charge < -0.3 is 0 Å². The van der Waals surface area contributed by atoms with Crippen molar-refractivity contribution in [2.75, 3.05) is 18.4 Å². The standard InChI is InChI=1S/C19H28N4O3S2/c1-6-14(7-2)18-21-22-19(27-18)20-17(24)15-11-10-13(5)16(12-15)28(25,26)23(8-3)9-4/h10-12,14H,6-9H2,1-5H3,(H,20,22,24). The molecule has 0 saturated carbocycles. The molecule has 0 unspecified atom stereocenters. The highest BCUT2D eigenvalue weighted by molar-refractivity contribution is 7.89. The van der Waals surface area contributed by atoms with Gasteiger partial charge in [0, 0.05) is 24.6 Å². The number of aryl methyl sites for hydroxylation is 1. The molecule has 1 heterocycles. The van der Waals surface area contributed by atoms with Crippen molar-refractivity contribution >= 4 is 32.4 Å². The Morgan fingerprint density at radius 1 is 1.14 bits per heavy atom. The van der Waals surface area contributed by atoms with E-state index in [2.05, 4.69) is 29.4 Å². The van der Waals surface area contributed by atoms with E-state index in [1.165, 1.54) is 21.7 Å². The molecule has 1 N–H and O–H groups in total. The monoisotopic (exact) mass is 424 g/mol. The van der Waals surface area contributed by atoms with Gasteiger partial charge in [-0.2, -0.15) is 4.31 Å². The number of nitrogens with one attached hydrogen (secondary N) is 1. The number of aromatic nitrogens is 2. The molecule has 0 spiro atoms. The summed E-state index contributed by atoms with van der Waals surface area (Å²) in [6, 6.07) is 4.71. The summed E-state index contributed by atoms with van der Waals surface area (Å²) in [6.07, 6.45) is 1.92. The van der Waals surface area contributed by atoms with Gasteiger partial charge in [-0.15, -0.1) is 10.2 Å². The van der Waals surface area contributed by atoms with E-state index in [0.29, 0.717) is 29.7 Å². The largest absolute Gasteiger partial charge is 0.296 e. The molecule has 0 aliphatic carbocycles. The van der Waals surface area contributed by atoms with Gasteiger partial charge in [-0.3, -0.25) is 10.1 Å². The Morgan fingerprint density at radius 3 is 2.36 bits per heavy atom. The molecule has 0 fully saturated rings. The first-order chi connectivity index (χ1) is 13.3. The van der Waals surface area contributed by atoms with Crippen molar-refractivity contribution in [3.63, 3.8) is 0 Å². The number of carbonyl (C=O) groups excluding carboxylic acids is 1. The number of hydrogen-bond donors (Lipinski definition) is 1. The van der Waals surface area contributed by atoms with Crippen molar-refractivity contribution in [1.82, 2.24) is 14.5 Å². The Bertz CT molecular complexity index is 917. The molecule has 28 heavy (non-hydrogen) atoms. The molecule has 0 aliphatic rings. The molecule has 0 radical (unpaired) electrons. The van der Waals surface area contributed by atoms with Crippen molar-refractivity contribution in [1.29, 1.82) is 0 Å². The molecule has 0 bridgehead atoms. The van der Waals surface area contributed by atoms with Gasteiger partial charge in [-0.1, -0.05) is 45.1 Å². The van der Waals surface area contributed by atoms with Crippen LogP contribution in [0.4, 0.5) is 5.13 Å².